The predicted molar refractivity (Wildman–Crippen MR) is 119 cm³/mol. The first kappa shape index (κ1) is 21.5. The van der Waals surface area contributed by atoms with E-state index in [1.165, 1.54) is 23.9 Å². The van der Waals surface area contributed by atoms with Gasteiger partial charge in [0.25, 0.3) is 5.56 Å². The number of halogens is 1. The van der Waals surface area contributed by atoms with E-state index in [-0.39, 0.29) is 41.8 Å². The molecule has 0 unspecified atom stereocenters. The van der Waals surface area contributed by atoms with Gasteiger partial charge in [-0.1, -0.05) is 36.0 Å². The number of carbonyl (C=O) groups excluding carboxylic acids is 1. The van der Waals surface area contributed by atoms with Gasteiger partial charge in [-0.25, -0.2) is 9.37 Å². The van der Waals surface area contributed by atoms with Crippen molar-refractivity contribution in [3.63, 3.8) is 0 Å². The van der Waals surface area contributed by atoms with Crippen molar-refractivity contribution in [1.29, 1.82) is 0 Å². The van der Waals surface area contributed by atoms with Crippen molar-refractivity contribution < 1.29 is 13.9 Å². The number of thioether (sulfide) groups is 1. The fraction of sp³-hybridized carbons (Fsp3) is 0.348. The zero-order valence-electron chi connectivity index (χ0n) is 17.5. The Kier molecular flexibility index (Phi) is 6.38. The van der Waals surface area contributed by atoms with Crippen molar-refractivity contribution in [1.82, 2.24) is 14.5 Å². The van der Waals surface area contributed by atoms with E-state index in [4.69, 9.17) is 4.74 Å². The normalized spacial score (nSPS) is 19.0. The van der Waals surface area contributed by atoms with Crippen LogP contribution in [-0.2, 0) is 16.1 Å². The molecule has 1 aromatic heterocycles. The summed E-state index contributed by atoms with van der Waals surface area (Å²) in [4.78, 5) is 32.4. The van der Waals surface area contributed by atoms with Crippen LogP contribution in [0.2, 0.25) is 0 Å². The van der Waals surface area contributed by atoms with Gasteiger partial charge in [0.05, 0.1) is 35.4 Å². The second-order valence-electron chi connectivity index (χ2n) is 7.77. The van der Waals surface area contributed by atoms with Crippen molar-refractivity contribution in [2.45, 2.75) is 37.8 Å². The SMILES string of the molecule is C[C@H]1CN(C(=O)CSc2nc3ccccc3c(=O)n2Cc2ccc(F)cc2)C[C@H](C)O1. The molecular formula is C23H24FN3O3S. The monoisotopic (exact) mass is 441 g/mol. The van der Waals surface area contributed by atoms with E-state index in [1.54, 1.807) is 39.8 Å². The van der Waals surface area contributed by atoms with Crippen molar-refractivity contribution in [2.24, 2.45) is 0 Å². The number of para-hydroxylation sites is 1. The molecule has 1 aliphatic rings. The van der Waals surface area contributed by atoms with Gasteiger partial charge in [0.1, 0.15) is 5.82 Å². The molecule has 2 aromatic carbocycles. The minimum absolute atomic E-state index is 0.00634. The summed E-state index contributed by atoms with van der Waals surface area (Å²) in [5.41, 5.74) is 1.19. The first-order valence-corrected chi connectivity index (χ1v) is 11.2. The van der Waals surface area contributed by atoms with Crippen molar-refractivity contribution in [3.05, 3.63) is 70.3 Å². The molecule has 1 saturated heterocycles. The first-order chi connectivity index (χ1) is 14.9. The highest BCUT2D eigenvalue weighted by atomic mass is 32.2. The second kappa shape index (κ2) is 9.20. The third kappa shape index (κ3) is 4.97. The Morgan fingerprint density at radius 3 is 2.52 bits per heavy atom. The summed E-state index contributed by atoms with van der Waals surface area (Å²) >= 11 is 1.25. The Morgan fingerprint density at radius 2 is 1.81 bits per heavy atom. The van der Waals surface area contributed by atoms with Crippen LogP contribution in [-0.4, -0.2) is 51.4 Å². The molecule has 1 amide bonds. The van der Waals surface area contributed by atoms with Crippen LogP contribution in [0.3, 0.4) is 0 Å². The van der Waals surface area contributed by atoms with Crippen molar-refractivity contribution in [2.75, 3.05) is 18.8 Å². The Bertz CT molecular complexity index is 1140. The maximum Gasteiger partial charge on any atom is 0.262 e. The summed E-state index contributed by atoms with van der Waals surface area (Å²) in [6.07, 6.45) is -0.0127. The van der Waals surface area contributed by atoms with Crippen LogP contribution in [0.5, 0.6) is 0 Å². The Morgan fingerprint density at radius 1 is 1.13 bits per heavy atom. The molecule has 0 N–H and O–H groups in total. The molecule has 2 atom stereocenters. The van der Waals surface area contributed by atoms with Gasteiger partial charge >= 0.3 is 0 Å². The second-order valence-corrected chi connectivity index (χ2v) is 8.72. The molecule has 1 fully saturated rings. The Labute approximate surface area is 184 Å². The van der Waals surface area contributed by atoms with Crippen LogP contribution in [0.1, 0.15) is 19.4 Å². The number of hydrogen-bond acceptors (Lipinski definition) is 5. The number of amides is 1. The van der Waals surface area contributed by atoms with Gasteiger partial charge in [-0.05, 0) is 43.7 Å². The third-order valence-corrected chi connectivity index (χ3v) is 6.14. The standard InChI is InChI=1S/C23H24FN3O3S/c1-15-11-26(12-16(2)30-15)21(28)14-31-23-25-20-6-4-3-5-19(20)22(29)27(23)13-17-7-9-18(24)10-8-17/h3-10,15-16H,11-14H2,1-2H3/t15-,16-/m0/s1. The highest BCUT2D eigenvalue weighted by Gasteiger charge is 2.26. The molecule has 0 saturated carbocycles. The summed E-state index contributed by atoms with van der Waals surface area (Å²) in [5.74, 6) is -0.169. The van der Waals surface area contributed by atoms with E-state index in [0.29, 0.717) is 29.1 Å². The third-order valence-electron chi connectivity index (χ3n) is 5.18. The molecule has 6 nitrogen and oxygen atoms in total. The molecule has 2 heterocycles. The lowest BCUT2D eigenvalue weighted by atomic mass is 10.2. The predicted octanol–water partition coefficient (Wildman–Crippen LogP) is 3.31. The minimum Gasteiger partial charge on any atom is -0.372 e. The lowest BCUT2D eigenvalue weighted by molar-refractivity contribution is -0.140. The van der Waals surface area contributed by atoms with E-state index in [9.17, 15) is 14.0 Å². The van der Waals surface area contributed by atoms with Crippen molar-refractivity contribution >= 4 is 28.6 Å². The van der Waals surface area contributed by atoms with Gasteiger partial charge in [0.2, 0.25) is 5.91 Å². The number of rotatable bonds is 5. The largest absolute Gasteiger partial charge is 0.372 e. The zero-order valence-corrected chi connectivity index (χ0v) is 18.3. The van der Waals surface area contributed by atoms with Gasteiger partial charge < -0.3 is 9.64 Å². The van der Waals surface area contributed by atoms with E-state index in [2.05, 4.69) is 4.98 Å². The highest BCUT2D eigenvalue weighted by molar-refractivity contribution is 7.99. The van der Waals surface area contributed by atoms with Gasteiger partial charge in [-0.3, -0.25) is 14.2 Å². The lowest BCUT2D eigenvalue weighted by Crippen LogP contribution is -2.48. The molecule has 3 aromatic rings. The fourth-order valence-corrected chi connectivity index (χ4v) is 4.67. The number of aromatic nitrogens is 2. The Balaban J connectivity index is 1.61. The number of benzene rings is 2. The Hall–Kier alpha value is -2.71. The molecular weight excluding hydrogens is 417 g/mol. The number of carbonyl (C=O) groups is 1. The molecule has 0 radical (unpaired) electrons. The first-order valence-electron chi connectivity index (χ1n) is 10.2. The molecule has 0 bridgehead atoms. The van der Waals surface area contributed by atoms with Crippen LogP contribution in [0.25, 0.3) is 10.9 Å². The van der Waals surface area contributed by atoms with Crippen LogP contribution in [0, 0.1) is 5.82 Å². The maximum absolute atomic E-state index is 13.3. The number of nitrogens with zero attached hydrogens (tertiary/aromatic N) is 3. The van der Waals surface area contributed by atoms with Gasteiger partial charge in [0.15, 0.2) is 5.16 Å². The lowest BCUT2D eigenvalue weighted by Gasteiger charge is -2.35. The average Bonchev–Trinajstić information content (AvgIpc) is 2.75. The van der Waals surface area contributed by atoms with E-state index < -0.39 is 0 Å². The molecule has 0 spiro atoms. The number of fused-ring (bicyclic) bond motifs is 1. The summed E-state index contributed by atoms with van der Waals surface area (Å²) < 4.78 is 20.6. The van der Waals surface area contributed by atoms with Crippen molar-refractivity contribution in [3.8, 4) is 0 Å². The molecule has 4 rings (SSSR count). The molecule has 162 valence electrons. The van der Waals surface area contributed by atoms with Gasteiger partial charge in [0, 0.05) is 13.1 Å². The number of morpholine rings is 1. The molecule has 0 aliphatic carbocycles. The number of ether oxygens (including phenoxy) is 1. The minimum atomic E-state index is -0.332. The summed E-state index contributed by atoms with van der Waals surface area (Å²) in [5, 5.41) is 0.979. The van der Waals surface area contributed by atoms with Crippen LogP contribution in [0.4, 0.5) is 4.39 Å². The summed E-state index contributed by atoms with van der Waals surface area (Å²) in [6.45, 7) is 5.26. The highest BCUT2D eigenvalue weighted by Crippen LogP contribution is 2.21. The number of hydrogen-bond donors (Lipinski definition) is 0. The smallest absolute Gasteiger partial charge is 0.262 e. The zero-order chi connectivity index (χ0) is 22.0. The summed E-state index contributed by atoms with van der Waals surface area (Å²) in [6, 6.07) is 13.2. The maximum atomic E-state index is 13.3. The quantitative estimate of drug-likeness (QED) is 0.449. The molecule has 1 aliphatic heterocycles. The van der Waals surface area contributed by atoms with Gasteiger partial charge in [-0.2, -0.15) is 0 Å². The average molecular weight is 442 g/mol. The topological polar surface area (TPSA) is 64.4 Å². The van der Waals surface area contributed by atoms with Gasteiger partial charge in [-0.15, -0.1) is 0 Å². The van der Waals surface area contributed by atoms with Crippen LogP contribution in [0.15, 0.2) is 58.5 Å². The van der Waals surface area contributed by atoms with Crippen LogP contribution < -0.4 is 5.56 Å². The van der Waals surface area contributed by atoms with E-state index >= 15 is 0 Å². The molecule has 31 heavy (non-hydrogen) atoms. The summed E-state index contributed by atoms with van der Waals surface area (Å²) in [7, 11) is 0. The van der Waals surface area contributed by atoms with E-state index in [0.717, 1.165) is 5.56 Å². The fourth-order valence-electron chi connectivity index (χ4n) is 3.77. The van der Waals surface area contributed by atoms with Crippen LogP contribution >= 0.6 is 11.8 Å². The van der Waals surface area contributed by atoms with E-state index in [1.807, 2.05) is 19.9 Å². The molecule has 8 heteroatoms.